The number of thiocarbonyl (C=S) groups is 1. The molecule has 0 aromatic rings. The molecular weight excluding hydrogens is 266 g/mol. The van der Waals surface area contributed by atoms with Crippen molar-refractivity contribution in [2.24, 2.45) is 11.5 Å². The van der Waals surface area contributed by atoms with E-state index in [9.17, 15) is 9.59 Å². The molecule has 0 aromatic heterocycles. The average Bonchev–Trinajstić information content (AvgIpc) is 2.36. The molecule has 1 rings (SSSR count). The lowest BCUT2D eigenvalue weighted by Crippen LogP contribution is -2.57. The average molecular weight is 287 g/mol. The van der Waals surface area contributed by atoms with Gasteiger partial charge in [-0.25, -0.2) is 4.79 Å². The maximum atomic E-state index is 11.7. The third kappa shape index (κ3) is 4.41. The minimum Gasteiger partial charge on any atom is -0.392 e. The van der Waals surface area contributed by atoms with Gasteiger partial charge >= 0.3 is 6.03 Å². The van der Waals surface area contributed by atoms with E-state index in [1.807, 2.05) is 11.8 Å². The lowest BCUT2D eigenvalue weighted by atomic mass is 10.2. The number of imide groups is 1. The van der Waals surface area contributed by atoms with Crippen molar-refractivity contribution in [1.82, 2.24) is 15.1 Å². The van der Waals surface area contributed by atoms with E-state index in [1.54, 1.807) is 6.92 Å². The van der Waals surface area contributed by atoms with E-state index in [0.717, 1.165) is 26.2 Å². The highest BCUT2D eigenvalue weighted by molar-refractivity contribution is 7.80. The van der Waals surface area contributed by atoms with Gasteiger partial charge < -0.3 is 11.5 Å². The molecule has 108 valence electrons. The number of rotatable bonds is 4. The van der Waals surface area contributed by atoms with E-state index < -0.39 is 6.03 Å². The van der Waals surface area contributed by atoms with Crippen molar-refractivity contribution < 1.29 is 9.59 Å². The van der Waals surface area contributed by atoms with Crippen LogP contribution in [0.4, 0.5) is 4.79 Å². The summed E-state index contributed by atoms with van der Waals surface area (Å²) in [6, 6.07) is -1.14. The summed E-state index contributed by atoms with van der Waals surface area (Å²) in [5.41, 5.74) is 10.6. The Balaban J connectivity index is 2.47. The van der Waals surface area contributed by atoms with Crippen LogP contribution in [0, 0.1) is 0 Å². The van der Waals surface area contributed by atoms with E-state index in [1.165, 1.54) is 0 Å². The molecule has 1 fully saturated rings. The van der Waals surface area contributed by atoms with Crippen molar-refractivity contribution >= 4 is 29.1 Å². The monoisotopic (exact) mass is 287 g/mol. The zero-order chi connectivity index (χ0) is 14.6. The van der Waals surface area contributed by atoms with Crippen molar-refractivity contribution in [2.45, 2.75) is 25.9 Å². The van der Waals surface area contributed by atoms with Crippen LogP contribution in [0.15, 0.2) is 0 Å². The Morgan fingerprint density at radius 2 is 1.47 bits per heavy atom. The Morgan fingerprint density at radius 3 is 1.84 bits per heavy atom. The molecule has 0 radical (unpaired) electrons. The van der Waals surface area contributed by atoms with Gasteiger partial charge in [-0.3, -0.25) is 19.9 Å². The fourth-order valence-electron chi connectivity index (χ4n) is 2.08. The Hall–Kier alpha value is -1.25. The Bertz CT molecular complexity index is 368. The highest BCUT2D eigenvalue weighted by atomic mass is 32.1. The van der Waals surface area contributed by atoms with Gasteiger partial charge in [0.1, 0.15) is 0 Å². The Morgan fingerprint density at radius 1 is 1.05 bits per heavy atom. The number of hydrogen-bond acceptors (Lipinski definition) is 5. The first-order valence-corrected chi connectivity index (χ1v) is 6.61. The van der Waals surface area contributed by atoms with Gasteiger partial charge in [0.05, 0.1) is 17.1 Å². The van der Waals surface area contributed by atoms with Gasteiger partial charge in [-0.05, 0) is 13.8 Å². The van der Waals surface area contributed by atoms with Crippen LogP contribution in [0.1, 0.15) is 13.8 Å². The SMILES string of the molecule is CC(C(=O)NC(N)=O)N1CCN(C(C)C(N)=S)CC1. The number of piperazine rings is 1. The van der Waals surface area contributed by atoms with Crippen LogP contribution < -0.4 is 16.8 Å². The summed E-state index contributed by atoms with van der Waals surface area (Å²) in [5.74, 6) is -0.372. The zero-order valence-electron chi connectivity index (χ0n) is 11.3. The number of amides is 3. The number of urea groups is 1. The van der Waals surface area contributed by atoms with E-state index >= 15 is 0 Å². The first-order chi connectivity index (χ1) is 8.82. The van der Waals surface area contributed by atoms with Crippen molar-refractivity contribution in [2.75, 3.05) is 26.2 Å². The highest BCUT2D eigenvalue weighted by Gasteiger charge is 2.28. The van der Waals surface area contributed by atoms with Crippen LogP contribution in [0.25, 0.3) is 0 Å². The van der Waals surface area contributed by atoms with Crippen LogP contribution in [0.5, 0.6) is 0 Å². The van der Waals surface area contributed by atoms with Crippen LogP contribution in [0.2, 0.25) is 0 Å². The molecule has 8 heteroatoms. The molecule has 5 N–H and O–H groups in total. The summed E-state index contributed by atoms with van der Waals surface area (Å²) in [6.45, 7) is 6.74. The van der Waals surface area contributed by atoms with Gasteiger partial charge in [0.15, 0.2) is 0 Å². The fraction of sp³-hybridized carbons (Fsp3) is 0.727. The first-order valence-electron chi connectivity index (χ1n) is 6.20. The summed E-state index contributed by atoms with van der Waals surface area (Å²) in [4.78, 5) is 27.0. The maximum Gasteiger partial charge on any atom is 0.318 e. The number of nitrogens with one attached hydrogen (secondary N) is 1. The second-order valence-electron chi connectivity index (χ2n) is 4.68. The molecule has 0 aromatic carbocycles. The molecule has 0 saturated carbocycles. The van der Waals surface area contributed by atoms with Crippen LogP contribution >= 0.6 is 12.2 Å². The summed E-state index contributed by atoms with van der Waals surface area (Å²) < 4.78 is 0. The van der Waals surface area contributed by atoms with Crippen LogP contribution in [-0.2, 0) is 4.79 Å². The Labute approximate surface area is 118 Å². The topological polar surface area (TPSA) is 105 Å². The number of nitrogens with zero attached hydrogens (tertiary/aromatic N) is 2. The third-order valence-corrected chi connectivity index (χ3v) is 3.82. The molecule has 0 bridgehead atoms. The second-order valence-corrected chi connectivity index (χ2v) is 5.15. The van der Waals surface area contributed by atoms with Gasteiger partial charge in [-0.2, -0.15) is 0 Å². The standard InChI is InChI=1S/C11H21N5O2S/c1-7(9(12)19)15-3-5-16(6-4-15)8(2)10(17)14-11(13)18/h7-8H,3-6H2,1-2H3,(H2,12,19)(H3,13,14,17,18). The molecule has 3 amide bonds. The zero-order valence-corrected chi connectivity index (χ0v) is 12.1. The van der Waals surface area contributed by atoms with Gasteiger partial charge in [0.2, 0.25) is 5.91 Å². The quantitative estimate of drug-likeness (QED) is 0.565. The normalized spacial score (nSPS) is 20.5. The molecule has 2 unspecified atom stereocenters. The molecule has 0 spiro atoms. The largest absolute Gasteiger partial charge is 0.392 e. The predicted octanol–water partition coefficient (Wildman–Crippen LogP) is -1.14. The molecule has 1 saturated heterocycles. The molecule has 1 aliphatic heterocycles. The summed E-state index contributed by atoms with van der Waals surface area (Å²) in [5, 5.41) is 2.10. The van der Waals surface area contributed by atoms with Gasteiger partial charge in [0.25, 0.3) is 0 Å². The molecular formula is C11H21N5O2S. The molecule has 7 nitrogen and oxygen atoms in total. The fourth-order valence-corrected chi connectivity index (χ4v) is 2.23. The van der Waals surface area contributed by atoms with E-state index in [0.29, 0.717) is 4.99 Å². The minimum absolute atomic E-state index is 0.0619. The van der Waals surface area contributed by atoms with Crippen molar-refractivity contribution in [3.8, 4) is 0 Å². The number of carbonyl (C=O) groups excluding carboxylic acids is 2. The second kappa shape index (κ2) is 6.78. The molecule has 2 atom stereocenters. The Kier molecular flexibility index (Phi) is 5.64. The highest BCUT2D eigenvalue weighted by Crippen LogP contribution is 2.09. The third-order valence-electron chi connectivity index (χ3n) is 3.48. The van der Waals surface area contributed by atoms with Crippen molar-refractivity contribution in [3.05, 3.63) is 0 Å². The van der Waals surface area contributed by atoms with Crippen LogP contribution in [0.3, 0.4) is 0 Å². The summed E-state index contributed by atoms with van der Waals surface area (Å²) >= 11 is 4.98. The van der Waals surface area contributed by atoms with Gasteiger partial charge in [-0.15, -0.1) is 0 Å². The van der Waals surface area contributed by atoms with Crippen molar-refractivity contribution in [1.29, 1.82) is 0 Å². The lowest BCUT2D eigenvalue weighted by Gasteiger charge is -2.39. The minimum atomic E-state index is -0.822. The smallest absolute Gasteiger partial charge is 0.318 e. The van der Waals surface area contributed by atoms with E-state index in [2.05, 4.69) is 10.2 Å². The molecule has 0 aliphatic carbocycles. The number of nitrogens with two attached hydrogens (primary N) is 2. The number of hydrogen-bond donors (Lipinski definition) is 3. The molecule has 1 heterocycles. The van der Waals surface area contributed by atoms with E-state index in [4.69, 9.17) is 23.7 Å². The number of primary amides is 1. The summed E-state index contributed by atoms with van der Waals surface area (Å²) in [7, 11) is 0. The molecule has 19 heavy (non-hydrogen) atoms. The first kappa shape index (κ1) is 15.8. The predicted molar refractivity (Wildman–Crippen MR) is 76.6 cm³/mol. The number of carbonyl (C=O) groups is 2. The maximum absolute atomic E-state index is 11.7. The lowest BCUT2D eigenvalue weighted by molar-refractivity contribution is -0.125. The van der Waals surface area contributed by atoms with Gasteiger partial charge in [0, 0.05) is 26.2 Å². The van der Waals surface area contributed by atoms with Crippen LogP contribution in [-0.4, -0.2) is 65.0 Å². The molecule has 1 aliphatic rings. The van der Waals surface area contributed by atoms with Gasteiger partial charge in [-0.1, -0.05) is 12.2 Å². The van der Waals surface area contributed by atoms with Crippen molar-refractivity contribution in [3.63, 3.8) is 0 Å². The summed E-state index contributed by atoms with van der Waals surface area (Å²) in [6.07, 6.45) is 0. The van der Waals surface area contributed by atoms with E-state index in [-0.39, 0.29) is 18.0 Å².